The fraction of sp³-hybridized carbons (Fsp3) is 0.938. The molecule has 18 heavy (non-hydrogen) atoms. The highest BCUT2D eigenvalue weighted by atomic mass is 15.2. The maximum atomic E-state index is 9.26. The lowest BCUT2D eigenvalue weighted by atomic mass is 10.0. The first-order valence-electron chi connectivity index (χ1n) is 8.02. The number of unbranched alkanes of at least 4 members (excludes halogenated alkanes) is 6. The highest BCUT2D eigenvalue weighted by Crippen LogP contribution is 2.17. The lowest BCUT2D eigenvalue weighted by Crippen LogP contribution is -2.38. The molecule has 0 bridgehead atoms. The second kappa shape index (κ2) is 10.4. The fourth-order valence-corrected chi connectivity index (χ4v) is 2.85. The van der Waals surface area contributed by atoms with Crippen LogP contribution in [0.3, 0.4) is 0 Å². The van der Waals surface area contributed by atoms with E-state index in [9.17, 15) is 5.26 Å². The predicted octanol–water partition coefficient (Wildman–Crippen LogP) is 4.51. The molecule has 1 heterocycles. The minimum Gasteiger partial charge on any atom is -0.288 e. The Balaban J connectivity index is 2.03. The average Bonchev–Trinajstić information content (AvgIpc) is 2.43. The molecule has 1 fully saturated rings. The summed E-state index contributed by atoms with van der Waals surface area (Å²) >= 11 is 0. The smallest absolute Gasteiger partial charge is 0.0977 e. The van der Waals surface area contributed by atoms with Crippen molar-refractivity contribution in [1.29, 1.82) is 5.26 Å². The van der Waals surface area contributed by atoms with Crippen LogP contribution in [0.25, 0.3) is 0 Å². The minimum atomic E-state index is 0.195. The normalized spacial score (nSPS) is 18.4. The van der Waals surface area contributed by atoms with Gasteiger partial charge in [-0.3, -0.25) is 4.90 Å². The van der Waals surface area contributed by atoms with Crippen LogP contribution in [0.1, 0.15) is 77.6 Å². The van der Waals surface area contributed by atoms with E-state index in [1.165, 1.54) is 64.2 Å². The Labute approximate surface area is 113 Å². The third-order valence-electron chi connectivity index (χ3n) is 4.06. The number of hydrogen-bond acceptors (Lipinski definition) is 2. The summed E-state index contributed by atoms with van der Waals surface area (Å²) in [6.07, 6.45) is 14.4. The molecule has 1 rings (SSSR count). The molecule has 0 aromatic heterocycles. The Morgan fingerprint density at radius 2 is 1.56 bits per heavy atom. The summed E-state index contributed by atoms with van der Waals surface area (Å²) in [5, 5.41) is 9.26. The van der Waals surface area contributed by atoms with Gasteiger partial charge in [0.25, 0.3) is 0 Å². The Morgan fingerprint density at radius 3 is 2.17 bits per heavy atom. The highest BCUT2D eigenvalue weighted by Gasteiger charge is 2.19. The molecule has 0 radical (unpaired) electrons. The molecule has 0 aromatic rings. The maximum absolute atomic E-state index is 9.26. The van der Waals surface area contributed by atoms with Crippen molar-refractivity contribution in [2.45, 2.75) is 83.6 Å². The van der Waals surface area contributed by atoms with Gasteiger partial charge in [0.1, 0.15) is 0 Å². The van der Waals surface area contributed by atoms with Crippen LogP contribution in [0.15, 0.2) is 0 Å². The summed E-state index contributed by atoms with van der Waals surface area (Å²) in [5.74, 6) is 0. The van der Waals surface area contributed by atoms with Crippen LogP contribution in [0.2, 0.25) is 0 Å². The van der Waals surface area contributed by atoms with Crippen LogP contribution in [-0.4, -0.2) is 24.0 Å². The first-order chi connectivity index (χ1) is 8.88. The molecule has 0 saturated carbocycles. The quantitative estimate of drug-likeness (QED) is 0.563. The van der Waals surface area contributed by atoms with Gasteiger partial charge in [-0.1, -0.05) is 58.3 Å². The number of hydrogen-bond donors (Lipinski definition) is 0. The molecule has 0 aromatic carbocycles. The standard InChI is InChI=1S/C16H30N2/c1-2-3-4-5-6-7-9-12-16(15-17)18-13-10-8-11-14-18/h16H,2-14H2,1H3. The second-order valence-corrected chi connectivity index (χ2v) is 5.65. The number of likely N-dealkylation sites (tertiary alicyclic amines) is 1. The van der Waals surface area contributed by atoms with Crippen molar-refractivity contribution in [3.05, 3.63) is 0 Å². The monoisotopic (exact) mass is 250 g/mol. The number of rotatable bonds is 9. The topological polar surface area (TPSA) is 27.0 Å². The van der Waals surface area contributed by atoms with E-state index >= 15 is 0 Å². The molecule has 2 heteroatoms. The average molecular weight is 250 g/mol. The van der Waals surface area contributed by atoms with E-state index in [2.05, 4.69) is 17.9 Å². The summed E-state index contributed by atoms with van der Waals surface area (Å²) in [7, 11) is 0. The lowest BCUT2D eigenvalue weighted by Gasteiger charge is -2.30. The van der Waals surface area contributed by atoms with Gasteiger partial charge in [-0.05, 0) is 32.4 Å². The van der Waals surface area contributed by atoms with E-state index < -0.39 is 0 Å². The Bertz CT molecular complexity index is 226. The third kappa shape index (κ3) is 6.40. The van der Waals surface area contributed by atoms with Gasteiger partial charge in [0.05, 0.1) is 12.1 Å². The molecule has 0 aliphatic carbocycles. The zero-order valence-corrected chi connectivity index (χ0v) is 12.2. The van der Waals surface area contributed by atoms with Crippen molar-refractivity contribution < 1.29 is 0 Å². The molecule has 0 amide bonds. The molecular formula is C16H30N2. The fourth-order valence-electron chi connectivity index (χ4n) is 2.85. The number of piperidine rings is 1. The predicted molar refractivity (Wildman–Crippen MR) is 77.4 cm³/mol. The van der Waals surface area contributed by atoms with Crippen LogP contribution < -0.4 is 0 Å². The van der Waals surface area contributed by atoms with Gasteiger partial charge in [-0.2, -0.15) is 5.26 Å². The molecule has 1 aliphatic heterocycles. The summed E-state index contributed by atoms with van der Waals surface area (Å²) in [6.45, 7) is 4.56. The zero-order chi connectivity index (χ0) is 13.1. The first kappa shape index (κ1) is 15.5. The van der Waals surface area contributed by atoms with Crippen molar-refractivity contribution in [1.82, 2.24) is 4.90 Å². The summed E-state index contributed by atoms with van der Waals surface area (Å²) in [6, 6.07) is 2.70. The van der Waals surface area contributed by atoms with Gasteiger partial charge < -0.3 is 0 Å². The van der Waals surface area contributed by atoms with Crippen molar-refractivity contribution in [3.8, 4) is 6.07 Å². The van der Waals surface area contributed by atoms with E-state index in [0.717, 1.165) is 19.5 Å². The van der Waals surface area contributed by atoms with Gasteiger partial charge in [-0.25, -0.2) is 0 Å². The molecule has 1 aliphatic rings. The molecule has 2 nitrogen and oxygen atoms in total. The van der Waals surface area contributed by atoms with Gasteiger partial charge in [0.15, 0.2) is 0 Å². The zero-order valence-electron chi connectivity index (χ0n) is 12.2. The molecule has 0 spiro atoms. The van der Waals surface area contributed by atoms with Crippen molar-refractivity contribution in [2.24, 2.45) is 0 Å². The number of nitrogens with zero attached hydrogens (tertiary/aromatic N) is 2. The summed E-state index contributed by atoms with van der Waals surface area (Å²) in [4.78, 5) is 2.40. The Kier molecular flexibility index (Phi) is 8.94. The molecule has 1 saturated heterocycles. The molecule has 104 valence electrons. The molecule has 1 atom stereocenters. The second-order valence-electron chi connectivity index (χ2n) is 5.65. The van der Waals surface area contributed by atoms with Crippen LogP contribution in [0.4, 0.5) is 0 Å². The van der Waals surface area contributed by atoms with E-state index in [4.69, 9.17) is 0 Å². The van der Waals surface area contributed by atoms with Crippen LogP contribution in [0, 0.1) is 11.3 Å². The molecule has 1 unspecified atom stereocenters. The largest absolute Gasteiger partial charge is 0.288 e. The van der Waals surface area contributed by atoms with E-state index in [1.54, 1.807) is 0 Å². The van der Waals surface area contributed by atoms with Gasteiger partial charge in [0, 0.05) is 0 Å². The highest BCUT2D eigenvalue weighted by molar-refractivity contribution is 4.92. The van der Waals surface area contributed by atoms with Crippen LogP contribution in [0.5, 0.6) is 0 Å². The minimum absolute atomic E-state index is 0.195. The molecular weight excluding hydrogens is 220 g/mol. The first-order valence-corrected chi connectivity index (χ1v) is 8.02. The van der Waals surface area contributed by atoms with Gasteiger partial charge in [-0.15, -0.1) is 0 Å². The summed E-state index contributed by atoms with van der Waals surface area (Å²) in [5.41, 5.74) is 0. The Hall–Kier alpha value is -0.550. The van der Waals surface area contributed by atoms with E-state index in [-0.39, 0.29) is 6.04 Å². The third-order valence-corrected chi connectivity index (χ3v) is 4.06. The van der Waals surface area contributed by atoms with Gasteiger partial charge >= 0.3 is 0 Å². The van der Waals surface area contributed by atoms with Gasteiger partial charge in [0.2, 0.25) is 0 Å². The SMILES string of the molecule is CCCCCCCCCC(C#N)N1CCCCC1. The summed E-state index contributed by atoms with van der Waals surface area (Å²) < 4.78 is 0. The van der Waals surface area contributed by atoms with E-state index in [0.29, 0.717) is 0 Å². The van der Waals surface area contributed by atoms with Crippen molar-refractivity contribution in [3.63, 3.8) is 0 Å². The van der Waals surface area contributed by atoms with Crippen molar-refractivity contribution >= 4 is 0 Å². The number of nitriles is 1. The maximum Gasteiger partial charge on any atom is 0.0977 e. The Morgan fingerprint density at radius 1 is 0.944 bits per heavy atom. The van der Waals surface area contributed by atoms with Crippen LogP contribution >= 0.6 is 0 Å². The van der Waals surface area contributed by atoms with Crippen LogP contribution in [-0.2, 0) is 0 Å². The molecule has 0 N–H and O–H groups in total. The van der Waals surface area contributed by atoms with E-state index in [1.807, 2.05) is 0 Å². The lowest BCUT2D eigenvalue weighted by molar-refractivity contribution is 0.185. The van der Waals surface area contributed by atoms with Crippen molar-refractivity contribution in [2.75, 3.05) is 13.1 Å².